The van der Waals surface area contributed by atoms with E-state index in [0.717, 1.165) is 35.0 Å². The van der Waals surface area contributed by atoms with Crippen molar-refractivity contribution < 1.29 is 0 Å². The molecule has 0 saturated carbocycles. The van der Waals surface area contributed by atoms with Crippen molar-refractivity contribution in [2.75, 3.05) is 0 Å². The van der Waals surface area contributed by atoms with Crippen LogP contribution in [0.2, 0.25) is 0 Å². The summed E-state index contributed by atoms with van der Waals surface area (Å²) in [7, 11) is 0. The first kappa shape index (κ1) is 20.7. The lowest BCUT2D eigenvalue weighted by atomic mass is 10.0. The van der Waals surface area contributed by atoms with Gasteiger partial charge in [0.1, 0.15) is 0 Å². The highest BCUT2D eigenvalue weighted by Crippen LogP contribution is 2.15. The van der Waals surface area contributed by atoms with Gasteiger partial charge >= 0.3 is 0 Å². The number of hydrogen-bond acceptors (Lipinski definition) is 1. The minimum Gasteiger partial charge on any atom is -0.358 e. The maximum Gasteiger partial charge on any atom is 0.192 e. The molecule has 144 valence electrons. The predicted molar refractivity (Wildman–Crippen MR) is 114 cm³/mol. The molecule has 0 saturated heterocycles. The first-order valence-corrected chi connectivity index (χ1v) is 10.8. The number of aryl methyl sites for hydroxylation is 1. The highest BCUT2D eigenvalue weighted by atomic mass is 16.1. The fourth-order valence-corrected chi connectivity index (χ4v) is 3.84. The summed E-state index contributed by atoms with van der Waals surface area (Å²) in [5.41, 5.74) is 3.20. The summed E-state index contributed by atoms with van der Waals surface area (Å²) in [5.74, 6) is 0. The Kier molecular flexibility index (Phi) is 9.52. The lowest BCUT2D eigenvalue weighted by Gasteiger charge is -2.08. The van der Waals surface area contributed by atoms with Crippen LogP contribution in [0.3, 0.4) is 0 Å². The Morgan fingerprint density at radius 3 is 1.92 bits per heavy atom. The van der Waals surface area contributed by atoms with Gasteiger partial charge in [0.15, 0.2) is 5.43 Å². The number of nitrogens with one attached hydrogen (secondary N) is 1. The number of benzene rings is 1. The number of para-hydroxylation sites is 1. The van der Waals surface area contributed by atoms with Gasteiger partial charge in [0.25, 0.3) is 0 Å². The zero-order valence-electron chi connectivity index (χ0n) is 16.9. The number of aromatic nitrogens is 1. The zero-order chi connectivity index (χ0) is 18.6. The van der Waals surface area contributed by atoms with Gasteiger partial charge in [0.05, 0.1) is 0 Å². The summed E-state index contributed by atoms with van der Waals surface area (Å²) in [6.45, 7) is 4.31. The number of H-pyrrole nitrogens is 1. The molecule has 0 unspecified atom stereocenters. The second kappa shape index (κ2) is 11.9. The summed E-state index contributed by atoms with van der Waals surface area (Å²) in [5, 5.41) is 0.826. The molecule has 0 radical (unpaired) electrons. The van der Waals surface area contributed by atoms with E-state index in [1.807, 2.05) is 31.2 Å². The highest BCUT2D eigenvalue weighted by molar-refractivity contribution is 5.79. The fraction of sp³-hybridized carbons (Fsp3) is 0.625. The number of hydrogen-bond donors (Lipinski definition) is 1. The lowest BCUT2D eigenvalue weighted by molar-refractivity contribution is 0.543. The van der Waals surface area contributed by atoms with Gasteiger partial charge in [-0.1, -0.05) is 89.7 Å². The number of pyridine rings is 1. The van der Waals surface area contributed by atoms with Crippen LogP contribution in [0.5, 0.6) is 0 Å². The topological polar surface area (TPSA) is 32.9 Å². The van der Waals surface area contributed by atoms with Crippen LogP contribution in [-0.4, -0.2) is 4.98 Å². The molecule has 2 heteroatoms. The van der Waals surface area contributed by atoms with Gasteiger partial charge in [0.2, 0.25) is 0 Å². The first-order valence-electron chi connectivity index (χ1n) is 10.8. The van der Waals surface area contributed by atoms with Crippen molar-refractivity contribution >= 4 is 10.9 Å². The average Bonchev–Trinajstić information content (AvgIpc) is 2.65. The van der Waals surface area contributed by atoms with Gasteiger partial charge in [-0.3, -0.25) is 4.79 Å². The Balaban J connectivity index is 1.61. The van der Waals surface area contributed by atoms with Gasteiger partial charge in [-0.15, -0.1) is 0 Å². The van der Waals surface area contributed by atoms with E-state index in [-0.39, 0.29) is 5.43 Å². The Bertz CT molecular complexity index is 701. The van der Waals surface area contributed by atoms with Gasteiger partial charge in [0, 0.05) is 22.2 Å². The monoisotopic (exact) mass is 355 g/mol. The van der Waals surface area contributed by atoms with E-state index >= 15 is 0 Å². The van der Waals surface area contributed by atoms with Crippen LogP contribution in [0.4, 0.5) is 0 Å². The summed E-state index contributed by atoms with van der Waals surface area (Å²) in [6, 6.07) is 7.83. The molecular formula is C24H37NO. The van der Waals surface area contributed by atoms with Gasteiger partial charge in [-0.25, -0.2) is 0 Å². The molecule has 0 atom stereocenters. The van der Waals surface area contributed by atoms with Gasteiger partial charge in [-0.05, 0) is 31.9 Å². The maximum absolute atomic E-state index is 12.7. The van der Waals surface area contributed by atoms with Crippen molar-refractivity contribution in [2.24, 2.45) is 0 Å². The molecule has 1 heterocycles. The minimum absolute atomic E-state index is 0.222. The molecule has 0 fully saturated rings. The molecule has 1 aromatic carbocycles. The molecular weight excluding hydrogens is 318 g/mol. The van der Waals surface area contributed by atoms with Crippen LogP contribution in [0.1, 0.15) is 95.2 Å². The fourth-order valence-electron chi connectivity index (χ4n) is 3.84. The second-order valence-electron chi connectivity index (χ2n) is 7.74. The quantitative estimate of drug-likeness (QED) is 0.383. The second-order valence-corrected chi connectivity index (χ2v) is 7.74. The van der Waals surface area contributed by atoms with Gasteiger partial charge in [-0.2, -0.15) is 0 Å². The Hall–Kier alpha value is -1.57. The summed E-state index contributed by atoms with van der Waals surface area (Å²) >= 11 is 0. The molecule has 2 nitrogen and oxygen atoms in total. The normalized spacial score (nSPS) is 11.3. The molecule has 2 aromatic rings. The molecule has 1 aromatic heterocycles. The lowest BCUT2D eigenvalue weighted by Crippen LogP contribution is -2.13. The molecule has 2 rings (SSSR count). The van der Waals surface area contributed by atoms with E-state index in [1.54, 1.807) is 0 Å². The summed E-state index contributed by atoms with van der Waals surface area (Å²) in [6.07, 6.45) is 17.1. The average molecular weight is 356 g/mol. The largest absolute Gasteiger partial charge is 0.358 e. The standard InChI is InChI=1S/C24H37NO/c1-3-4-5-6-7-8-9-10-11-12-13-14-17-21-20(2)25-23-19-16-15-18-22(23)24(21)26/h15-16,18-19H,3-14,17H2,1-2H3,(H,25,26). The predicted octanol–water partition coefficient (Wildman–Crippen LogP) is 7.08. The number of rotatable bonds is 13. The zero-order valence-corrected chi connectivity index (χ0v) is 16.9. The van der Waals surface area contributed by atoms with Crippen molar-refractivity contribution in [3.8, 4) is 0 Å². The number of unbranched alkanes of at least 4 members (excludes halogenated alkanes) is 11. The minimum atomic E-state index is 0.222. The molecule has 0 spiro atoms. The van der Waals surface area contributed by atoms with Gasteiger partial charge < -0.3 is 4.98 Å². The van der Waals surface area contributed by atoms with Crippen molar-refractivity contribution in [1.29, 1.82) is 0 Å². The third-order valence-electron chi connectivity index (χ3n) is 5.50. The van der Waals surface area contributed by atoms with Crippen LogP contribution < -0.4 is 5.43 Å². The van der Waals surface area contributed by atoms with E-state index in [1.165, 1.54) is 70.6 Å². The third-order valence-corrected chi connectivity index (χ3v) is 5.50. The Morgan fingerprint density at radius 2 is 1.31 bits per heavy atom. The highest BCUT2D eigenvalue weighted by Gasteiger charge is 2.08. The van der Waals surface area contributed by atoms with Crippen LogP contribution in [-0.2, 0) is 6.42 Å². The first-order chi connectivity index (χ1) is 12.7. The summed E-state index contributed by atoms with van der Waals surface area (Å²) < 4.78 is 0. The van der Waals surface area contributed by atoms with Crippen molar-refractivity contribution in [1.82, 2.24) is 4.98 Å². The maximum atomic E-state index is 12.7. The van der Waals surface area contributed by atoms with Crippen LogP contribution in [0.25, 0.3) is 10.9 Å². The molecule has 1 N–H and O–H groups in total. The molecule has 0 aliphatic rings. The van der Waals surface area contributed by atoms with E-state index in [0.29, 0.717) is 0 Å². The van der Waals surface area contributed by atoms with E-state index < -0.39 is 0 Å². The van der Waals surface area contributed by atoms with Crippen LogP contribution >= 0.6 is 0 Å². The Labute approximate surface area is 159 Å². The van der Waals surface area contributed by atoms with E-state index in [2.05, 4.69) is 11.9 Å². The molecule has 26 heavy (non-hydrogen) atoms. The van der Waals surface area contributed by atoms with Crippen molar-refractivity contribution in [2.45, 2.75) is 97.3 Å². The summed E-state index contributed by atoms with van der Waals surface area (Å²) in [4.78, 5) is 16.1. The van der Waals surface area contributed by atoms with Crippen LogP contribution in [0.15, 0.2) is 29.1 Å². The van der Waals surface area contributed by atoms with Crippen LogP contribution in [0, 0.1) is 6.92 Å². The smallest absolute Gasteiger partial charge is 0.192 e. The number of aromatic amines is 1. The van der Waals surface area contributed by atoms with Crippen molar-refractivity contribution in [3.05, 3.63) is 45.7 Å². The molecule has 0 amide bonds. The number of fused-ring (bicyclic) bond motifs is 1. The third kappa shape index (κ3) is 6.63. The molecule has 0 aliphatic carbocycles. The van der Waals surface area contributed by atoms with E-state index in [4.69, 9.17) is 0 Å². The van der Waals surface area contributed by atoms with E-state index in [9.17, 15) is 4.79 Å². The molecule has 0 bridgehead atoms. The molecule has 0 aliphatic heterocycles. The van der Waals surface area contributed by atoms with Crippen molar-refractivity contribution in [3.63, 3.8) is 0 Å². The Morgan fingerprint density at radius 1 is 0.769 bits per heavy atom. The SMILES string of the molecule is CCCCCCCCCCCCCCc1c(C)[nH]c2ccccc2c1=O.